The molecule has 0 fully saturated rings. The van der Waals surface area contributed by atoms with E-state index in [4.69, 9.17) is 10.00 Å². The molecule has 0 saturated carbocycles. The number of aromatic nitrogens is 1. The van der Waals surface area contributed by atoms with Crippen molar-refractivity contribution in [1.29, 1.82) is 5.26 Å². The molecule has 0 unspecified atom stereocenters. The second-order valence-corrected chi connectivity index (χ2v) is 8.85. The van der Waals surface area contributed by atoms with Gasteiger partial charge in [0, 0.05) is 18.3 Å². The zero-order chi connectivity index (χ0) is 21.6. The maximum Gasteiger partial charge on any atom is 0.256 e. The van der Waals surface area contributed by atoms with Crippen LogP contribution in [0.5, 0.6) is 0 Å². The van der Waals surface area contributed by atoms with Crippen LogP contribution < -0.4 is 5.56 Å². The normalized spacial score (nSPS) is 16.4. The van der Waals surface area contributed by atoms with Crippen LogP contribution in [0.2, 0.25) is 0 Å². The van der Waals surface area contributed by atoms with Gasteiger partial charge in [-0.3, -0.25) is 4.79 Å². The van der Waals surface area contributed by atoms with Crippen molar-refractivity contribution in [3.8, 4) is 6.07 Å². The van der Waals surface area contributed by atoms with Gasteiger partial charge in [-0.05, 0) is 35.7 Å². The van der Waals surface area contributed by atoms with Gasteiger partial charge in [0.05, 0.1) is 41.2 Å². The van der Waals surface area contributed by atoms with E-state index in [0.29, 0.717) is 11.3 Å². The minimum atomic E-state index is -4.07. The highest BCUT2D eigenvalue weighted by Crippen LogP contribution is 2.36. The van der Waals surface area contributed by atoms with Gasteiger partial charge < -0.3 is 9.72 Å². The first-order valence-electron chi connectivity index (χ1n) is 8.84. The van der Waals surface area contributed by atoms with Gasteiger partial charge in [-0.2, -0.15) is 9.57 Å². The number of H-pyrrole nitrogens is 1. The van der Waals surface area contributed by atoms with Gasteiger partial charge in [-0.15, -0.1) is 0 Å². The van der Waals surface area contributed by atoms with E-state index in [1.54, 1.807) is 0 Å². The molecular weight excluding hydrogens is 416 g/mol. The molecule has 10 heteroatoms. The van der Waals surface area contributed by atoms with Crippen LogP contribution in [0.15, 0.2) is 46.1 Å². The number of nitrogens with one attached hydrogen (secondary N) is 1. The highest BCUT2D eigenvalue weighted by molar-refractivity contribution is 7.89. The van der Waals surface area contributed by atoms with Crippen LogP contribution in [0.3, 0.4) is 0 Å². The number of benzene rings is 2. The van der Waals surface area contributed by atoms with Crippen LogP contribution in [0.1, 0.15) is 22.9 Å². The second kappa shape index (κ2) is 7.28. The van der Waals surface area contributed by atoms with Gasteiger partial charge in [0.2, 0.25) is 10.0 Å². The summed E-state index contributed by atoms with van der Waals surface area (Å²) in [5.74, 6) is -2.32. The van der Waals surface area contributed by atoms with Crippen molar-refractivity contribution in [3.05, 3.63) is 75.2 Å². The van der Waals surface area contributed by atoms with E-state index in [-0.39, 0.29) is 34.4 Å². The summed E-state index contributed by atoms with van der Waals surface area (Å²) < 4.78 is 60.6. The SMILES string of the molecule is CN([C@H]1COCc2[nH]c(=O)c3cc(F)c(F)cc3c21)S(=O)(=O)c1cccc(C#N)c1. The predicted octanol–water partition coefficient (Wildman–Crippen LogP) is 2.57. The van der Waals surface area contributed by atoms with Gasteiger partial charge >= 0.3 is 0 Å². The number of likely N-dealkylation sites (N-methyl/N-ethyl adjacent to an activating group) is 1. The van der Waals surface area contributed by atoms with Crippen molar-refractivity contribution in [1.82, 2.24) is 9.29 Å². The molecule has 7 nitrogen and oxygen atoms in total. The number of nitrogens with zero attached hydrogens (tertiary/aromatic N) is 2. The summed E-state index contributed by atoms with van der Waals surface area (Å²) in [7, 11) is -2.74. The number of halogens is 2. The molecule has 1 aliphatic rings. The molecule has 0 radical (unpaired) electrons. The average molecular weight is 431 g/mol. The van der Waals surface area contributed by atoms with E-state index in [1.807, 2.05) is 6.07 Å². The van der Waals surface area contributed by atoms with Crippen molar-refractivity contribution < 1.29 is 21.9 Å². The summed E-state index contributed by atoms with van der Waals surface area (Å²) in [6.07, 6.45) is 0. The molecule has 0 amide bonds. The molecule has 1 N–H and O–H groups in total. The number of hydrogen-bond acceptors (Lipinski definition) is 5. The van der Waals surface area contributed by atoms with Crippen molar-refractivity contribution in [2.45, 2.75) is 17.5 Å². The van der Waals surface area contributed by atoms with E-state index in [0.717, 1.165) is 16.4 Å². The Balaban J connectivity index is 1.90. The molecule has 3 aromatic rings. The Bertz CT molecular complexity index is 1380. The Morgan fingerprint density at radius 3 is 2.60 bits per heavy atom. The molecule has 1 aliphatic heterocycles. The molecular formula is C20H15F2N3O4S. The van der Waals surface area contributed by atoms with Crippen molar-refractivity contribution in [2.75, 3.05) is 13.7 Å². The van der Waals surface area contributed by atoms with Gasteiger partial charge in [-0.1, -0.05) is 6.07 Å². The van der Waals surface area contributed by atoms with E-state index in [1.165, 1.54) is 31.3 Å². The minimum absolute atomic E-state index is 0.00614. The van der Waals surface area contributed by atoms with Crippen LogP contribution in [-0.4, -0.2) is 31.4 Å². The number of sulfonamides is 1. The van der Waals surface area contributed by atoms with Crippen molar-refractivity contribution >= 4 is 20.8 Å². The maximum absolute atomic E-state index is 14.0. The number of nitriles is 1. The Morgan fingerprint density at radius 2 is 1.90 bits per heavy atom. The smallest absolute Gasteiger partial charge is 0.256 e. The van der Waals surface area contributed by atoms with E-state index < -0.39 is 33.3 Å². The van der Waals surface area contributed by atoms with Gasteiger partial charge in [0.15, 0.2) is 11.6 Å². The monoisotopic (exact) mass is 431 g/mol. The first-order chi connectivity index (χ1) is 14.2. The first kappa shape index (κ1) is 20.2. The summed E-state index contributed by atoms with van der Waals surface area (Å²) >= 11 is 0. The quantitative estimate of drug-likeness (QED) is 0.687. The number of aromatic amines is 1. The first-order valence-corrected chi connectivity index (χ1v) is 10.3. The second-order valence-electron chi connectivity index (χ2n) is 6.85. The molecule has 1 atom stereocenters. The molecule has 0 spiro atoms. The fraction of sp³-hybridized carbons (Fsp3) is 0.200. The van der Waals surface area contributed by atoms with E-state index in [2.05, 4.69) is 4.98 Å². The van der Waals surface area contributed by atoms with Gasteiger partial charge in [0.25, 0.3) is 5.56 Å². The Hall–Kier alpha value is -3.13. The lowest BCUT2D eigenvalue weighted by Crippen LogP contribution is -2.37. The average Bonchev–Trinajstić information content (AvgIpc) is 2.74. The van der Waals surface area contributed by atoms with Crippen LogP contribution in [0.4, 0.5) is 8.78 Å². The number of ether oxygens (including phenoxy) is 1. The molecule has 4 rings (SSSR count). The highest BCUT2D eigenvalue weighted by Gasteiger charge is 2.35. The largest absolute Gasteiger partial charge is 0.373 e. The predicted molar refractivity (Wildman–Crippen MR) is 103 cm³/mol. The topological polar surface area (TPSA) is 103 Å². The van der Waals surface area contributed by atoms with E-state index in [9.17, 15) is 22.0 Å². The summed E-state index contributed by atoms with van der Waals surface area (Å²) in [4.78, 5) is 14.8. The Kier molecular flexibility index (Phi) is 4.89. The number of hydrogen-bond donors (Lipinski definition) is 1. The Labute approximate surface area is 170 Å². The van der Waals surface area contributed by atoms with E-state index >= 15 is 0 Å². The van der Waals surface area contributed by atoms with Crippen molar-refractivity contribution in [2.24, 2.45) is 0 Å². The lowest BCUT2D eigenvalue weighted by atomic mass is 9.96. The standard InChI is InChI=1S/C20H15F2N3O4S/c1-25(30(27,28)12-4-2-3-11(5-12)8-23)18-10-29-9-17-19(18)13-6-15(21)16(22)7-14(13)20(26)24-17/h2-7,18H,9-10H2,1H3,(H,24,26)/t18-/m0/s1. The fourth-order valence-corrected chi connectivity index (χ4v) is 4.95. The molecule has 1 aromatic heterocycles. The third-order valence-electron chi connectivity index (χ3n) is 5.12. The number of rotatable bonds is 3. The lowest BCUT2D eigenvalue weighted by molar-refractivity contribution is 0.0626. The molecule has 0 aliphatic carbocycles. The van der Waals surface area contributed by atoms with Crippen LogP contribution in [0, 0.1) is 23.0 Å². The Morgan fingerprint density at radius 1 is 1.20 bits per heavy atom. The summed E-state index contributed by atoms with van der Waals surface area (Å²) in [6, 6.07) is 8.21. The summed E-state index contributed by atoms with van der Waals surface area (Å²) in [5.41, 5.74) is 0.191. The molecule has 154 valence electrons. The van der Waals surface area contributed by atoms with Crippen molar-refractivity contribution in [3.63, 3.8) is 0 Å². The molecule has 30 heavy (non-hydrogen) atoms. The third-order valence-corrected chi connectivity index (χ3v) is 6.98. The maximum atomic E-state index is 14.0. The fourth-order valence-electron chi connectivity index (χ4n) is 3.59. The summed E-state index contributed by atoms with van der Waals surface area (Å²) in [6.45, 7) is -0.0609. The van der Waals surface area contributed by atoms with Crippen LogP contribution in [0.25, 0.3) is 10.8 Å². The van der Waals surface area contributed by atoms with Gasteiger partial charge in [-0.25, -0.2) is 17.2 Å². The molecule has 0 bridgehead atoms. The lowest BCUT2D eigenvalue weighted by Gasteiger charge is -2.33. The number of fused-ring (bicyclic) bond motifs is 3. The van der Waals surface area contributed by atoms with Crippen LogP contribution in [-0.2, 0) is 21.4 Å². The molecule has 2 aromatic carbocycles. The summed E-state index contributed by atoms with van der Waals surface area (Å²) in [5, 5.41) is 9.09. The zero-order valence-electron chi connectivity index (χ0n) is 15.6. The molecule has 2 heterocycles. The zero-order valence-corrected chi connectivity index (χ0v) is 16.5. The van der Waals surface area contributed by atoms with Gasteiger partial charge in [0.1, 0.15) is 0 Å². The highest BCUT2D eigenvalue weighted by atomic mass is 32.2. The third kappa shape index (κ3) is 3.17. The van der Waals surface area contributed by atoms with Crippen LogP contribution >= 0.6 is 0 Å². The minimum Gasteiger partial charge on any atom is -0.373 e. The molecule has 0 saturated heterocycles. The number of pyridine rings is 1.